The van der Waals surface area contributed by atoms with Crippen LogP contribution in [0.25, 0.3) is 0 Å². The Hall–Kier alpha value is -2.75. The van der Waals surface area contributed by atoms with Crippen LogP contribution in [0.1, 0.15) is 83.8 Å². The number of carbonyl (C=O) groups excluding carboxylic acids is 1. The van der Waals surface area contributed by atoms with Gasteiger partial charge in [0.2, 0.25) is 0 Å². The summed E-state index contributed by atoms with van der Waals surface area (Å²) in [5.74, 6) is -0.746. The minimum atomic E-state index is -4.74. The van der Waals surface area contributed by atoms with Gasteiger partial charge in [-0.2, -0.15) is 18.4 Å². The summed E-state index contributed by atoms with van der Waals surface area (Å²) in [4.78, 5) is 29.7. The second-order valence-corrected chi connectivity index (χ2v) is 12.7. The number of anilines is 1. The van der Waals surface area contributed by atoms with Gasteiger partial charge in [-0.1, -0.05) is 0 Å². The molecule has 2 heterocycles. The fraction of sp³-hybridized carbons (Fsp3) is 0.667. The lowest BCUT2D eigenvalue weighted by molar-refractivity contribution is -0.141. The summed E-state index contributed by atoms with van der Waals surface area (Å²) in [5, 5.41) is 18.5. The van der Waals surface area contributed by atoms with Crippen molar-refractivity contribution in [1.82, 2.24) is 9.80 Å². The van der Waals surface area contributed by atoms with Crippen LogP contribution in [-0.2, 0) is 20.5 Å². The van der Waals surface area contributed by atoms with Gasteiger partial charge in [-0.15, -0.1) is 0 Å². The number of piperidine rings is 1. The van der Waals surface area contributed by atoms with Crippen molar-refractivity contribution in [2.75, 3.05) is 18.1 Å². The Morgan fingerprint density at radius 3 is 2.33 bits per heavy atom. The van der Waals surface area contributed by atoms with E-state index in [1.54, 1.807) is 19.9 Å². The number of hydrogen-bond acceptors (Lipinski definition) is 6. The average Bonchev–Trinajstić information content (AvgIpc) is 3.08. The first-order valence-corrected chi connectivity index (χ1v) is 14.9. The van der Waals surface area contributed by atoms with Crippen LogP contribution in [0, 0.1) is 17.2 Å². The van der Waals surface area contributed by atoms with Crippen molar-refractivity contribution in [2.45, 2.75) is 109 Å². The fourth-order valence-corrected chi connectivity index (χ4v) is 7.48. The number of halogens is 3. The van der Waals surface area contributed by atoms with Crippen LogP contribution in [0.15, 0.2) is 18.2 Å². The Kier molecular flexibility index (Phi) is 9.55. The first-order valence-electron chi connectivity index (χ1n) is 14.5. The second-order valence-electron chi connectivity index (χ2n) is 12.4. The van der Waals surface area contributed by atoms with E-state index in [1.807, 2.05) is 23.6 Å². The van der Waals surface area contributed by atoms with Crippen LogP contribution in [0.5, 0.6) is 0 Å². The molecule has 3 atom stereocenters. The maximum Gasteiger partial charge on any atom is 0.417 e. The number of rotatable bonds is 8. The van der Waals surface area contributed by atoms with E-state index in [-0.39, 0.29) is 41.6 Å². The summed E-state index contributed by atoms with van der Waals surface area (Å²) in [5.41, 5.74) is -2.61. The minimum Gasteiger partial charge on any atom is -0.480 e. The molecule has 2 saturated heterocycles. The van der Waals surface area contributed by atoms with Crippen molar-refractivity contribution in [2.24, 2.45) is 5.92 Å². The highest BCUT2D eigenvalue weighted by molar-refractivity contribution is 7.80. The van der Waals surface area contributed by atoms with E-state index in [0.717, 1.165) is 57.1 Å². The van der Waals surface area contributed by atoms with E-state index in [0.29, 0.717) is 12.5 Å². The molecule has 230 valence electrons. The van der Waals surface area contributed by atoms with Crippen molar-refractivity contribution in [3.05, 3.63) is 29.3 Å². The highest BCUT2D eigenvalue weighted by Gasteiger charge is 2.52. The quantitative estimate of drug-likeness (QED) is 0.382. The lowest BCUT2D eigenvalue weighted by Crippen LogP contribution is -2.51. The van der Waals surface area contributed by atoms with E-state index >= 15 is 0 Å². The molecule has 1 N–H and O–H groups in total. The van der Waals surface area contributed by atoms with Crippen LogP contribution in [0.3, 0.4) is 0 Å². The Balaban J connectivity index is 1.34. The first kappa shape index (κ1) is 32.2. The Bertz CT molecular complexity index is 1230. The topological polar surface area (TPSA) is 97.1 Å². The monoisotopic (exact) mass is 608 g/mol. The average molecular weight is 609 g/mol. The van der Waals surface area contributed by atoms with E-state index in [2.05, 4.69) is 0 Å². The van der Waals surface area contributed by atoms with Gasteiger partial charge in [0.05, 0.1) is 35.5 Å². The summed E-state index contributed by atoms with van der Waals surface area (Å²) < 4.78 is 47.1. The highest BCUT2D eigenvalue weighted by atomic mass is 32.1. The summed E-state index contributed by atoms with van der Waals surface area (Å²) >= 11 is 5.70. The SMILES string of the molecule is C[C@@H]1CC(OCC[C@H]2CC[C@H](N3C(=S)N(c4ccc(C#N)c(C(F)(F)F)c4)C(=O)C3(C)C)CC2)C[C@H](C)N1CC(=O)O. The third kappa shape index (κ3) is 6.58. The van der Waals surface area contributed by atoms with E-state index in [9.17, 15) is 22.8 Å². The van der Waals surface area contributed by atoms with Crippen molar-refractivity contribution in [1.29, 1.82) is 5.26 Å². The predicted octanol–water partition coefficient (Wildman–Crippen LogP) is 5.58. The third-order valence-electron chi connectivity index (χ3n) is 9.13. The zero-order valence-electron chi connectivity index (χ0n) is 24.5. The molecule has 2 aliphatic heterocycles. The molecule has 8 nitrogen and oxygen atoms in total. The minimum absolute atomic E-state index is 0.00941. The molecule has 0 spiro atoms. The number of hydrogen-bond donors (Lipinski definition) is 1. The number of benzene rings is 1. The summed E-state index contributed by atoms with van der Waals surface area (Å²) in [7, 11) is 0. The number of carboxylic acids is 1. The van der Waals surface area contributed by atoms with Crippen LogP contribution in [0.2, 0.25) is 0 Å². The van der Waals surface area contributed by atoms with Crippen LogP contribution in [0.4, 0.5) is 18.9 Å². The van der Waals surface area contributed by atoms with Gasteiger partial charge < -0.3 is 14.7 Å². The van der Waals surface area contributed by atoms with E-state index in [4.69, 9.17) is 27.3 Å². The number of aliphatic carboxylic acids is 1. The smallest absolute Gasteiger partial charge is 0.417 e. The van der Waals surface area contributed by atoms with Gasteiger partial charge in [-0.25, -0.2) is 0 Å². The molecule has 1 aliphatic carbocycles. The molecule has 1 unspecified atom stereocenters. The number of thiocarbonyl (C=S) groups is 1. The molecule has 0 radical (unpaired) electrons. The third-order valence-corrected chi connectivity index (χ3v) is 9.51. The summed E-state index contributed by atoms with van der Waals surface area (Å²) in [6.07, 6.45) is 1.35. The number of amides is 1. The van der Waals surface area contributed by atoms with Gasteiger partial charge in [0.1, 0.15) is 5.54 Å². The fourth-order valence-electron chi connectivity index (χ4n) is 6.91. The summed E-state index contributed by atoms with van der Waals surface area (Å²) in [6, 6.07) is 5.09. The molecule has 3 fully saturated rings. The molecule has 12 heteroatoms. The normalized spacial score (nSPS) is 28.7. The van der Waals surface area contributed by atoms with Gasteiger partial charge in [0.15, 0.2) is 5.11 Å². The van der Waals surface area contributed by atoms with Gasteiger partial charge >= 0.3 is 12.1 Å². The number of nitrogens with zero attached hydrogens (tertiary/aromatic N) is 4. The predicted molar refractivity (Wildman–Crippen MR) is 155 cm³/mol. The standard InChI is InChI=1S/C30H39F3N4O4S/c1-18-13-24(14-19(2)35(18)17-26(38)39)41-12-11-20-5-8-22(9-6-20)37-28(42)36(27(40)29(37,3)4)23-10-7-21(16-34)25(15-23)30(31,32)33/h7,10,15,18-20,22,24H,5-6,8-9,11-14,17H2,1-4H3,(H,38,39)/t18-,19+,20-,22-,24?. The zero-order valence-corrected chi connectivity index (χ0v) is 25.3. The second kappa shape index (κ2) is 12.5. The van der Waals surface area contributed by atoms with Gasteiger partial charge in [0.25, 0.3) is 5.91 Å². The number of alkyl halides is 3. The van der Waals surface area contributed by atoms with Crippen LogP contribution >= 0.6 is 12.2 Å². The maximum atomic E-state index is 13.6. The van der Waals surface area contributed by atoms with Crippen LogP contribution < -0.4 is 4.90 Å². The van der Waals surface area contributed by atoms with Crippen molar-refractivity contribution in [3.8, 4) is 6.07 Å². The van der Waals surface area contributed by atoms with Gasteiger partial charge in [0, 0.05) is 24.7 Å². The number of nitriles is 1. The molecule has 0 bridgehead atoms. The summed E-state index contributed by atoms with van der Waals surface area (Å²) in [6.45, 7) is 8.27. The Morgan fingerprint density at radius 2 is 1.79 bits per heavy atom. The Labute approximate surface area is 250 Å². The molecule has 0 aromatic heterocycles. The number of ether oxygens (including phenoxy) is 1. The maximum absolute atomic E-state index is 13.6. The molecule has 1 aromatic carbocycles. The number of carbonyl (C=O) groups is 2. The largest absolute Gasteiger partial charge is 0.480 e. The lowest BCUT2D eigenvalue weighted by Gasteiger charge is -2.42. The molecule has 42 heavy (non-hydrogen) atoms. The first-order chi connectivity index (χ1) is 19.6. The van der Waals surface area contributed by atoms with Crippen molar-refractivity contribution < 1.29 is 32.6 Å². The van der Waals surface area contributed by atoms with Gasteiger partial charge in [-0.05, 0) is 109 Å². The molecule has 1 amide bonds. The van der Waals surface area contributed by atoms with E-state index in [1.165, 1.54) is 11.0 Å². The highest BCUT2D eigenvalue weighted by Crippen LogP contribution is 2.41. The van der Waals surface area contributed by atoms with Gasteiger partial charge in [-0.3, -0.25) is 19.4 Å². The van der Waals surface area contributed by atoms with Crippen molar-refractivity contribution in [3.63, 3.8) is 0 Å². The molecular weight excluding hydrogens is 569 g/mol. The zero-order chi connectivity index (χ0) is 31.0. The van der Waals surface area contributed by atoms with E-state index < -0.39 is 34.7 Å². The van der Waals surface area contributed by atoms with Crippen molar-refractivity contribution >= 4 is 34.9 Å². The van der Waals surface area contributed by atoms with Crippen LogP contribution in [-0.4, -0.2) is 74.8 Å². The molecule has 4 rings (SSSR count). The number of likely N-dealkylation sites (tertiary alicyclic amines) is 1. The lowest BCUT2D eigenvalue weighted by atomic mass is 9.82. The molecule has 1 saturated carbocycles. The molecule has 3 aliphatic rings. The number of carboxylic acid groups (broad SMARTS) is 1. The Morgan fingerprint density at radius 1 is 1.17 bits per heavy atom. The molecule has 1 aromatic rings. The molecular formula is C30H39F3N4O4S.